The zero-order valence-corrected chi connectivity index (χ0v) is 13.7. The molecular weight excluding hydrogens is 263 g/mol. The van der Waals surface area contributed by atoms with Gasteiger partial charge in [0.1, 0.15) is 5.82 Å². The Labute approximate surface area is 128 Å². The van der Waals surface area contributed by atoms with Crippen LogP contribution in [-0.2, 0) is 13.1 Å². The summed E-state index contributed by atoms with van der Waals surface area (Å²) >= 11 is 0. The number of rotatable bonds is 4. The average molecular weight is 290 g/mol. The fraction of sp³-hybridized carbons (Fsp3) is 0.556. The average Bonchev–Trinajstić information content (AvgIpc) is 2.41. The maximum atomic E-state index is 14.0. The summed E-state index contributed by atoms with van der Waals surface area (Å²) in [5.41, 5.74) is 3.46. The molecule has 0 amide bonds. The summed E-state index contributed by atoms with van der Waals surface area (Å²) in [5, 5.41) is 3.45. The van der Waals surface area contributed by atoms with Gasteiger partial charge in [0.15, 0.2) is 0 Å². The molecule has 0 aromatic heterocycles. The number of nitrogens with one attached hydrogen (secondary N) is 1. The fourth-order valence-electron chi connectivity index (χ4n) is 2.42. The van der Waals surface area contributed by atoms with Gasteiger partial charge >= 0.3 is 0 Å². The molecule has 0 saturated carbocycles. The van der Waals surface area contributed by atoms with Crippen LogP contribution in [0, 0.1) is 5.82 Å². The van der Waals surface area contributed by atoms with Crippen LogP contribution in [0.4, 0.5) is 4.39 Å². The van der Waals surface area contributed by atoms with E-state index in [0.29, 0.717) is 6.54 Å². The first kappa shape index (κ1) is 16.2. The molecule has 1 aliphatic rings. The van der Waals surface area contributed by atoms with Gasteiger partial charge in [-0.25, -0.2) is 4.39 Å². The summed E-state index contributed by atoms with van der Waals surface area (Å²) in [4.78, 5) is 2.30. The SMILES string of the molecule is CC1=CCN(Cc2cc(CNC(C)(C)C)ccc2F)CC1. The minimum absolute atomic E-state index is 0.0732. The van der Waals surface area contributed by atoms with Gasteiger partial charge in [-0.2, -0.15) is 0 Å². The van der Waals surface area contributed by atoms with E-state index in [9.17, 15) is 4.39 Å². The molecule has 1 aromatic rings. The minimum atomic E-state index is -0.0965. The normalized spacial score (nSPS) is 16.9. The molecule has 1 N–H and O–H groups in total. The van der Waals surface area contributed by atoms with Crippen molar-refractivity contribution in [1.29, 1.82) is 0 Å². The Bertz CT molecular complexity index is 514. The van der Waals surface area contributed by atoms with Gasteiger partial charge in [-0.1, -0.05) is 23.8 Å². The van der Waals surface area contributed by atoms with E-state index in [4.69, 9.17) is 0 Å². The van der Waals surface area contributed by atoms with E-state index in [1.165, 1.54) is 5.57 Å². The third kappa shape index (κ3) is 5.25. The smallest absolute Gasteiger partial charge is 0.127 e. The maximum absolute atomic E-state index is 14.0. The van der Waals surface area contributed by atoms with Gasteiger partial charge in [0, 0.05) is 37.3 Å². The molecule has 0 unspecified atom stereocenters. The molecule has 2 rings (SSSR count). The van der Waals surface area contributed by atoms with E-state index in [1.807, 2.05) is 12.1 Å². The highest BCUT2D eigenvalue weighted by Crippen LogP contribution is 2.17. The van der Waals surface area contributed by atoms with Crippen molar-refractivity contribution >= 4 is 0 Å². The molecule has 0 radical (unpaired) electrons. The first-order chi connectivity index (χ1) is 9.83. The lowest BCUT2D eigenvalue weighted by molar-refractivity contribution is 0.281. The second-order valence-corrected chi connectivity index (χ2v) is 7.06. The maximum Gasteiger partial charge on any atom is 0.127 e. The number of hydrogen-bond donors (Lipinski definition) is 1. The summed E-state index contributed by atoms with van der Waals surface area (Å²) in [7, 11) is 0. The van der Waals surface area contributed by atoms with Crippen molar-refractivity contribution in [3.8, 4) is 0 Å². The molecule has 116 valence electrons. The number of halogens is 1. The predicted molar refractivity (Wildman–Crippen MR) is 86.6 cm³/mol. The van der Waals surface area contributed by atoms with E-state index in [-0.39, 0.29) is 11.4 Å². The molecule has 0 saturated heterocycles. The number of benzene rings is 1. The summed E-state index contributed by atoms with van der Waals surface area (Å²) in [6.45, 7) is 12.0. The standard InChI is InChI=1S/C18H27FN2/c1-14-7-9-21(10-8-14)13-16-11-15(5-6-17(16)19)12-20-18(2,3)4/h5-7,11,20H,8-10,12-13H2,1-4H3. The molecule has 0 bridgehead atoms. The van der Waals surface area contributed by atoms with Gasteiger partial charge in [0.05, 0.1) is 0 Å². The summed E-state index contributed by atoms with van der Waals surface area (Å²) < 4.78 is 14.0. The second-order valence-electron chi connectivity index (χ2n) is 7.06. The van der Waals surface area contributed by atoms with Crippen LogP contribution in [-0.4, -0.2) is 23.5 Å². The molecule has 0 spiro atoms. The van der Waals surface area contributed by atoms with Gasteiger partial charge < -0.3 is 5.32 Å². The molecule has 1 aliphatic heterocycles. The van der Waals surface area contributed by atoms with E-state index < -0.39 is 0 Å². The molecule has 0 fully saturated rings. The van der Waals surface area contributed by atoms with Crippen molar-refractivity contribution < 1.29 is 4.39 Å². The molecule has 3 heteroatoms. The number of hydrogen-bond acceptors (Lipinski definition) is 2. The van der Waals surface area contributed by atoms with E-state index in [0.717, 1.165) is 37.2 Å². The van der Waals surface area contributed by atoms with Crippen molar-refractivity contribution in [2.45, 2.75) is 52.7 Å². The lowest BCUT2D eigenvalue weighted by atomic mass is 10.1. The largest absolute Gasteiger partial charge is 0.308 e. The van der Waals surface area contributed by atoms with Crippen molar-refractivity contribution in [1.82, 2.24) is 10.2 Å². The molecule has 2 nitrogen and oxygen atoms in total. The van der Waals surface area contributed by atoms with Crippen LogP contribution in [0.25, 0.3) is 0 Å². The van der Waals surface area contributed by atoms with Crippen LogP contribution >= 0.6 is 0 Å². The van der Waals surface area contributed by atoms with Gasteiger partial charge in [0.25, 0.3) is 0 Å². The molecule has 0 atom stereocenters. The van der Waals surface area contributed by atoms with Crippen LogP contribution < -0.4 is 5.32 Å². The summed E-state index contributed by atoms with van der Waals surface area (Å²) in [6, 6.07) is 5.47. The molecule has 21 heavy (non-hydrogen) atoms. The highest BCUT2D eigenvalue weighted by molar-refractivity contribution is 5.25. The lowest BCUT2D eigenvalue weighted by Gasteiger charge is -2.26. The Morgan fingerprint density at radius 1 is 1.29 bits per heavy atom. The van der Waals surface area contributed by atoms with Gasteiger partial charge in [-0.05, 0) is 45.7 Å². The van der Waals surface area contributed by atoms with Crippen molar-refractivity contribution in [3.63, 3.8) is 0 Å². The third-order valence-corrected chi connectivity index (χ3v) is 3.85. The van der Waals surface area contributed by atoms with Crippen molar-refractivity contribution in [2.24, 2.45) is 0 Å². The van der Waals surface area contributed by atoms with Gasteiger partial charge in [-0.15, -0.1) is 0 Å². The Morgan fingerprint density at radius 2 is 2.05 bits per heavy atom. The predicted octanol–water partition coefficient (Wildman–Crippen LogP) is 3.87. The third-order valence-electron chi connectivity index (χ3n) is 3.85. The summed E-state index contributed by atoms with van der Waals surface area (Å²) in [6.07, 6.45) is 3.33. The monoisotopic (exact) mass is 290 g/mol. The zero-order valence-electron chi connectivity index (χ0n) is 13.7. The van der Waals surface area contributed by atoms with Crippen molar-refractivity contribution in [3.05, 3.63) is 46.8 Å². The van der Waals surface area contributed by atoms with Gasteiger partial charge in [-0.3, -0.25) is 4.90 Å². The highest BCUT2D eigenvalue weighted by Gasteiger charge is 2.13. The van der Waals surface area contributed by atoms with Crippen LogP contribution in [0.15, 0.2) is 29.8 Å². The first-order valence-corrected chi connectivity index (χ1v) is 7.74. The van der Waals surface area contributed by atoms with E-state index in [2.05, 4.69) is 44.0 Å². The summed E-state index contributed by atoms with van der Waals surface area (Å²) in [5.74, 6) is -0.0965. The Kier molecular flexibility index (Phi) is 5.17. The number of nitrogens with zero attached hydrogens (tertiary/aromatic N) is 1. The first-order valence-electron chi connectivity index (χ1n) is 7.74. The molecule has 1 aromatic carbocycles. The zero-order chi connectivity index (χ0) is 15.5. The Balaban J connectivity index is 2.02. The van der Waals surface area contributed by atoms with Crippen LogP contribution in [0.5, 0.6) is 0 Å². The lowest BCUT2D eigenvalue weighted by Crippen LogP contribution is -2.35. The van der Waals surface area contributed by atoms with E-state index >= 15 is 0 Å². The molecular formula is C18H27FN2. The van der Waals surface area contributed by atoms with Gasteiger partial charge in [0.2, 0.25) is 0 Å². The minimum Gasteiger partial charge on any atom is -0.308 e. The second kappa shape index (κ2) is 6.71. The van der Waals surface area contributed by atoms with Crippen LogP contribution in [0.2, 0.25) is 0 Å². The van der Waals surface area contributed by atoms with Crippen LogP contribution in [0.3, 0.4) is 0 Å². The quantitative estimate of drug-likeness (QED) is 0.847. The van der Waals surface area contributed by atoms with Crippen molar-refractivity contribution in [2.75, 3.05) is 13.1 Å². The van der Waals surface area contributed by atoms with Crippen LogP contribution in [0.1, 0.15) is 45.2 Å². The van der Waals surface area contributed by atoms with E-state index in [1.54, 1.807) is 6.07 Å². The Morgan fingerprint density at radius 3 is 2.67 bits per heavy atom. The molecule has 1 heterocycles. The fourth-order valence-corrected chi connectivity index (χ4v) is 2.42. The Hall–Kier alpha value is -1.19. The highest BCUT2D eigenvalue weighted by atomic mass is 19.1. The topological polar surface area (TPSA) is 15.3 Å². The molecule has 0 aliphatic carbocycles.